The zero-order valence-corrected chi connectivity index (χ0v) is 11.1. The number of hydrogen-bond acceptors (Lipinski definition) is 4. The van der Waals surface area contributed by atoms with Gasteiger partial charge >= 0.3 is 0 Å². The molecule has 1 saturated heterocycles. The molecule has 0 spiro atoms. The van der Waals surface area contributed by atoms with Crippen molar-refractivity contribution in [3.05, 3.63) is 39.7 Å². The van der Waals surface area contributed by atoms with Crippen LogP contribution in [0.2, 0.25) is 0 Å². The predicted molar refractivity (Wildman–Crippen MR) is 72.5 cm³/mol. The molecule has 1 unspecified atom stereocenters. The largest absolute Gasteiger partial charge is 0.356 e. The molecule has 6 heteroatoms. The van der Waals surface area contributed by atoms with Gasteiger partial charge in [0.25, 0.3) is 5.56 Å². The van der Waals surface area contributed by atoms with E-state index in [9.17, 15) is 4.79 Å². The number of H-pyrrole nitrogens is 2. The molecule has 0 amide bonds. The van der Waals surface area contributed by atoms with Crippen molar-refractivity contribution in [3.8, 4) is 0 Å². The van der Waals surface area contributed by atoms with E-state index in [4.69, 9.17) is 0 Å². The van der Waals surface area contributed by atoms with Crippen LogP contribution >= 0.6 is 0 Å². The fraction of sp³-hybridized carbons (Fsp3) is 0.462. The van der Waals surface area contributed by atoms with E-state index in [1.54, 1.807) is 6.07 Å². The van der Waals surface area contributed by atoms with Gasteiger partial charge in [-0.2, -0.15) is 0 Å². The third kappa shape index (κ3) is 2.38. The van der Waals surface area contributed by atoms with Crippen LogP contribution in [0.25, 0.3) is 0 Å². The molecule has 1 aliphatic rings. The van der Waals surface area contributed by atoms with Crippen LogP contribution < -0.4 is 10.5 Å². The van der Waals surface area contributed by atoms with Gasteiger partial charge in [-0.25, -0.2) is 9.97 Å². The average molecular weight is 259 g/mol. The van der Waals surface area contributed by atoms with E-state index in [-0.39, 0.29) is 5.56 Å². The van der Waals surface area contributed by atoms with Crippen molar-refractivity contribution in [3.63, 3.8) is 0 Å². The van der Waals surface area contributed by atoms with E-state index in [0.717, 1.165) is 42.5 Å². The summed E-state index contributed by atoms with van der Waals surface area (Å²) in [5.74, 6) is 2.13. The molecule has 0 radical (unpaired) electrons. The highest BCUT2D eigenvalue weighted by molar-refractivity contribution is 5.42. The van der Waals surface area contributed by atoms with Gasteiger partial charge < -0.3 is 10.00 Å². The number of rotatable bonds is 2. The van der Waals surface area contributed by atoms with Crippen LogP contribution in [-0.4, -0.2) is 33.3 Å². The van der Waals surface area contributed by atoms with Gasteiger partial charge in [-0.05, 0) is 20.3 Å². The first-order chi connectivity index (χ1) is 9.11. The number of hydrogen-bond donors (Lipinski definition) is 2. The molecule has 2 N–H and O–H groups in total. The van der Waals surface area contributed by atoms with Crippen molar-refractivity contribution in [2.45, 2.75) is 26.2 Å². The van der Waals surface area contributed by atoms with Gasteiger partial charge in [-0.3, -0.25) is 9.89 Å². The topological polar surface area (TPSA) is 77.7 Å². The zero-order chi connectivity index (χ0) is 13.4. The number of anilines is 1. The van der Waals surface area contributed by atoms with Crippen molar-refractivity contribution in [2.75, 3.05) is 18.0 Å². The summed E-state index contributed by atoms with van der Waals surface area (Å²) in [6.45, 7) is 5.72. The van der Waals surface area contributed by atoms with E-state index in [1.165, 1.54) is 0 Å². The van der Waals surface area contributed by atoms with Crippen LogP contribution in [0.4, 0.5) is 5.82 Å². The van der Waals surface area contributed by atoms with Gasteiger partial charge in [-0.1, -0.05) is 0 Å². The Morgan fingerprint density at radius 3 is 2.79 bits per heavy atom. The molecule has 0 aliphatic carbocycles. The molecule has 0 bridgehead atoms. The summed E-state index contributed by atoms with van der Waals surface area (Å²) in [7, 11) is 0. The summed E-state index contributed by atoms with van der Waals surface area (Å²) in [6, 6.07) is 3.65. The minimum absolute atomic E-state index is 0.0674. The number of aryl methyl sites for hydroxylation is 2. The smallest absolute Gasteiger partial charge is 0.264 e. The number of aromatic nitrogens is 4. The van der Waals surface area contributed by atoms with E-state index in [1.807, 2.05) is 19.9 Å². The molecule has 1 atom stereocenters. The van der Waals surface area contributed by atoms with Crippen LogP contribution in [0, 0.1) is 13.8 Å². The van der Waals surface area contributed by atoms with Crippen molar-refractivity contribution < 1.29 is 0 Å². The summed E-state index contributed by atoms with van der Waals surface area (Å²) < 4.78 is 0. The molecule has 6 nitrogen and oxygen atoms in total. The summed E-state index contributed by atoms with van der Waals surface area (Å²) in [4.78, 5) is 22.2. The van der Waals surface area contributed by atoms with E-state index < -0.39 is 0 Å². The monoisotopic (exact) mass is 259 g/mol. The van der Waals surface area contributed by atoms with Gasteiger partial charge in [0, 0.05) is 42.5 Å². The molecule has 2 aromatic rings. The lowest BCUT2D eigenvalue weighted by Gasteiger charge is -2.17. The summed E-state index contributed by atoms with van der Waals surface area (Å²) in [5.41, 5.74) is 1.90. The van der Waals surface area contributed by atoms with E-state index in [0.29, 0.717) is 5.92 Å². The lowest BCUT2D eigenvalue weighted by Crippen LogP contribution is -2.21. The van der Waals surface area contributed by atoms with Gasteiger partial charge in [0.15, 0.2) is 0 Å². The Morgan fingerprint density at radius 1 is 1.26 bits per heavy atom. The molecule has 1 fully saturated rings. The second-order valence-electron chi connectivity index (χ2n) is 5.06. The fourth-order valence-corrected chi connectivity index (χ4v) is 2.65. The second kappa shape index (κ2) is 4.53. The maximum absolute atomic E-state index is 11.2. The Balaban J connectivity index is 1.80. The normalized spacial score (nSPS) is 19.1. The Kier molecular flexibility index (Phi) is 2.85. The van der Waals surface area contributed by atoms with Gasteiger partial charge in [-0.15, -0.1) is 0 Å². The molecule has 19 heavy (non-hydrogen) atoms. The molecule has 1 aliphatic heterocycles. The van der Waals surface area contributed by atoms with Crippen molar-refractivity contribution in [1.29, 1.82) is 0 Å². The molecule has 100 valence electrons. The number of aromatic amines is 2. The molecule has 0 aromatic carbocycles. The van der Waals surface area contributed by atoms with Gasteiger partial charge in [0.05, 0.1) is 0 Å². The summed E-state index contributed by atoms with van der Waals surface area (Å²) >= 11 is 0. The van der Waals surface area contributed by atoms with E-state index >= 15 is 0 Å². The minimum atomic E-state index is -0.0674. The van der Waals surface area contributed by atoms with Crippen molar-refractivity contribution in [1.82, 2.24) is 20.2 Å². The highest BCUT2D eigenvalue weighted by Crippen LogP contribution is 2.28. The van der Waals surface area contributed by atoms with Crippen molar-refractivity contribution >= 4 is 5.82 Å². The zero-order valence-electron chi connectivity index (χ0n) is 11.1. The highest BCUT2D eigenvalue weighted by atomic mass is 16.1. The van der Waals surface area contributed by atoms with Crippen LogP contribution in [0.1, 0.15) is 29.6 Å². The molecular weight excluding hydrogens is 242 g/mol. The molecular formula is C13H17N5O. The molecule has 2 aromatic heterocycles. The quantitative estimate of drug-likeness (QED) is 0.846. The second-order valence-corrected chi connectivity index (χ2v) is 5.06. The Bertz CT molecular complexity index is 624. The Morgan fingerprint density at radius 2 is 2.11 bits per heavy atom. The molecule has 3 heterocycles. The van der Waals surface area contributed by atoms with Crippen LogP contribution in [-0.2, 0) is 0 Å². The highest BCUT2D eigenvalue weighted by Gasteiger charge is 2.26. The average Bonchev–Trinajstić information content (AvgIpc) is 2.95. The summed E-state index contributed by atoms with van der Waals surface area (Å²) in [6.07, 6.45) is 1.02. The third-order valence-corrected chi connectivity index (χ3v) is 3.52. The van der Waals surface area contributed by atoms with Gasteiger partial charge in [0.1, 0.15) is 11.6 Å². The molecule has 3 rings (SSSR count). The lowest BCUT2D eigenvalue weighted by molar-refractivity contribution is 0.737. The predicted octanol–water partition coefficient (Wildman–Crippen LogP) is 1.10. The lowest BCUT2D eigenvalue weighted by atomic mass is 10.1. The first kappa shape index (κ1) is 12.0. The van der Waals surface area contributed by atoms with Crippen LogP contribution in [0.15, 0.2) is 16.9 Å². The number of nitrogens with one attached hydrogen (secondary N) is 2. The SMILES string of the molecule is Cc1cc(N2CCC(c3cc(=O)[nH][nH]3)C2)nc(C)n1. The van der Waals surface area contributed by atoms with Crippen LogP contribution in [0.3, 0.4) is 0 Å². The first-order valence-corrected chi connectivity index (χ1v) is 6.46. The third-order valence-electron chi connectivity index (χ3n) is 3.52. The van der Waals surface area contributed by atoms with Crippen molar-refractivity contribution in [2.24, 2.45) is 0 Å². The maximum atomic E-state index is 11.2. The summed E-state index contributed by atoms with van der Waals surface area (Å²) in [5, 5.41) is 5.54. The first-order valence-electron chi connectivity index (χ1n) is 6.46. The van der Waals surface area contributed by atoms with Gasteiger partial charge in [0.2, 0.25) is 0 Å². The standard InChI is InChI=1S/C13H17N5O/c1-8-5-12(15-9(2)14-8)18-4-3-10(7-18)11-6-13(19)17-16-11/h5-6,10H,3-4,7H2,1-2H3,(H2,16,17,19). The fourth-order valence-electron chi connectivity index (χ4n) is 2.65. The minimum Gasteiger partial charge on any atom is -0.356 e. The Labute approximate surface area is 110 Å². The maximum Gasteiger partial charge on any atom is 0.264 e. The number of nitrogens with zero attached hydrogens (tertiary/aromatic N) is 3. The molecule has 0 saturated carbocycles. The van der Waals surface area contributed by atoms with Crippen LogP contribution in [0.5, 0.6) is 0 Å². The van der Waals surface area contributed by atoms with E-state index in [2.05, 4.69) is 25.1 Å². The Hall–Kier alpha value is -2.11.